The molecule has 1 aromatic carbocycles. The smallest absolute Gasteiger partial charge is 0.306 e. The first kappa shape index (κ1) is 57.1. The average molecular weight is 938 g/mol. The van der Waals surface area contributed by atoms with E-state index >= 15 is 0 Å². The third-order valence-electron chi connectivity index (χ3n) is 10.2. The van der Waals surface area contributed by atoms with Crippen LogP contribution in [0, 0.1) is 11.7 Å². The number of rotatable bonds is 34. The molecule has 368 valence electrons. The number of hydrogen-bond acceptors (Lipinski definition) is 14. The van der Waals surface area contributed by atoms with Crippen LogP contribution in [-0.2, 0) is 49.3 Å². The third-order valence-corrected chi connectivity index (χ3v) is 11.2. The van der Waals surface area contributed by atoms with E-state index in [1.165, 1.54) is 23.5 Å². The minimum atomic E-state index is -0.829. The Morgan fingerprint density at radius 3 is 2.28 bits per heavy atom. The normalized spacial score (nSPS) is 14.3. The van der Waals surface area contributed by atoms with Gasteiger partial charge in [0.15, 0.2) is 6.29 Å². The number of nitrogens with zero attached hydrogens (tertiary/aromatic N) is 2. The number of likely N-dealkylation sites (N-methyl/N-ethyl adjacent to an activating group) is 1. The highest BCUT2D eigenvalue weighted by Crippen LogP contribution is 2.31. The molecule has 16 nitrogen and oxygen atoms in total. The Bertz CT molecular complexity index is 1690. The third kappa shape index (κ3) is 22.8. The zero-order valence-electron chi connectivity index (χ0n) is 40.0. The van der Waals surface area contributed by atoms with E-state index in [0.29, 0.717) is 37.4 Å². The van der Waals surface area contributed by atoms with Crippen molar-refractivity contribution in [3.8, 4) is 0 Å². The van der Waals surface area contributed by atoms with Gasteiger partial charge in [-0.15, -0.1) is 11.3 Å². The van der Waals surface area contributed by atoms with Gasteiger partial charge in [-0.05, 0) is 90.0 Å². The number of aliphatic hydroxyl groups excluding tert-OH is 1. The Labute approximate surface area is 389 Å². The molecule has 1 heterocycles. The molecular formula is C47H76FN5O11S. The van der Waals surface area contributed by atoms with Crippen LogP contribution >= 0.6 is 11.3 Å². The molecule has 0 aliphatic carbocycles. The predicted molar refractivity (Wildman–Crippen MR) is 246 cm³/mol. The van der Waals surface area contributed by atoms with E-state index in [0.717, 1.165) is 18.4 Å². The molecule has 4 N–H and O–H groups in total. The topological polar surface area (TPSA) is 204 Å². The van der Waals surface area contributed by atoms with Crippen molar-refractivity contribution in [2.24, 2.45) is 5.92 Å². The largest absolute Gasteiger partial charge is 0.461 e. The summed E-state index contributed by atoms with van der Waals surface area (Å²) in [4.78, 5) is 71.4. The van der Waals surface area contributed by atoms with Crippen molar-refractivity contribution in [3.63, 3.8) is 0 Å². The van der Waals surface area contributed by atoms with Crippen LogP contribution in [0.5, 0.6) is 0 Å². The SMILES string of the molecule is CCCOC(CC(C(C)C)N(CCC)C(=O)CNC)c1nc(C(=O)NC(CCC(=O)OC(C)CNC(=O)CCCC(=O)OCC(OC(C)C)OC(CC)CO)Cc2ccc(F)cc2)cs1. The van der Waals surface area contributed by atoms with E-state index in [4.69, 9.17) is 28.7 Å². The van der Waals surface area contributed by atoms with Crippen LogP contribution in [0.4, 0.5) is 4.39 Å². The van der Waals surface area contributed by atoms with E-state index in [1.54, 1.807) is 31.5 Å². The molecule has 6 unspecified atom stereocenters. The van der Waals surface area contributed by atoms with Gasteiger partial charge in [0.2, 0.25) is 11.8 Å². The number of esters is 2. The van der Waals surface area contributed by atoms with E-state index in [2.05, 4.69) is 29.8 Å². The standard InChI is InChI=1S/C47H76FN5O11S/c1-10-22-53(42(56)27-49-9)39(31(4)5)25-40(60-23-11-2)47-52-38(30-65-47)46(59)51-36(24-34-16-18-35(48)19-17-34)20-21-44(58)63-33(8)26-50-41(55)14-13-15-43(57)61-29-45(62-32(6)7)64-37(12-3)28-54/h16-19,30-33,36-37,39-40,45,49,54H,10-15,20-29H2,1-9H3,(H,50,55)(H,51,59). The second-order valence-electron chi connectivity index (χ2n) is 16.7. The Balaban J connectivity index is 2.00. The number of aromatic nitrogens is 1. The lowest BCUT2D eigenvalue weighted by atomic mass is 9.95. The summed E-state index contributed by atoms with van der Waals surface area (Å²) in [5.41, 5.74) is 0.951. The van der Waals surface area contributed by atoms with E-state index in [9.17, 15) is 33.5 Å². The number of thiazole rings is 1. The maximum Gasteiger partial charge on any atom is 0.306 e. The lowest BCUT2D eigenvalue weighted by Crippen LogP contribution is -2.47. The average Bonchev–Trinajstić information content (AvgIpc) is 3.76. The van der Waals surface area contributed by atoms with Crippen LogP contribution in [0.3, 0.4) is 0 Å². The van der Waals surface area contributed by atoms with Crippen LogP contribution in [0.2, 0.25) is 0 Å². The summed E-state index contributed by atoms with van der Waals surface area (Å²) in [6.45, 7) is 16.4. The number of nitrogens with one attached hydrogen (secondary N) is 3. The first-order valence-corrected chi connectivity index (χ1v) is 24.0. The van der Waals surface area contributed by atoms with E-state index in [1.807, 2.05) is 39.5 Å². The zero-order chi connectivity index (χ0) is 48.3. The monoisotopic (exact) mass is 938 g/mol. The molecule has 2 rings (SSSR count). The molecule has 0 saturated carbocycles. The Morgan fingerprint density at radius 1 is 0.938 bits per heavy atom. The molecule has 18 heteroatoms. The molecule has 0 saturated heterocycles. The zero-order valence-corrected chi connectivity index (χ0v) is 40.8. The minimum Gasteiger partial charge on any atom is -0.461 e. The lowest BCUT2D eigenvalue weighted by Gasteiger charge is -2.36. The molecule has 0 bridgehead atoms. The molecule has 3 amide bonds. The van der Waals surface area contributed by atoms with Gasteiger partial charge in [0.25, 0.3) is 5.91 Å². The summed E-state index contributed by atoms with van der Waals surface area (Å²) in [6.07, 6.45) is 0.822. The molecule has 0 aliphatic heterocycles. The second-order valence-corrected chi connectivity index (χ2v) is 17.6. The molecular weight excluding hydrogens is 862 g/mol. The number of hydrogen-bond donors (Lipinski definition) is 4. The van der Waals surface area contributed by atoms with E-state index in [-0.39, 0.29) is 94.0 Å². The molecule has 0 spiro atoms. The minimum absolute atomic E-state index is 0.00592. The summed E-state index contributed by atoms with van der Waals surface area (Å²) in [5, 5.41) is 20.4. The van der Waals surface area contributed by atoms with Crippen LogP contribution < -0.4 is 16.0 Å². The van der Waals surface area contributed by atoms with Gasteiger partial charge >= 0.3 is 11.9 Å². The number of benzene rings is 1. The maximum atomic E-state index is 13.8. The number of amides is 3. The van der Waals surface area contributed by atoms with Crippen LogP contribution in [0.25, 0.3) is 0 Å². The van der Waals surface area contributed by atoms with Crippen LogP contribution in [0.15, 0.2) is 29.6 Å². The van der Waals surface area contributed by atoms with Gasteiger partial charge in [0.1, 0.15) is 35.3 Å². The molecule has 0 aliphatic rings. The van der Waals surface area contributed by atoms with Crippen molar-refractivity contribution in [3.05, 3.63) is 51.7 Å². The maximum absolute atomic E-state index is 13.8. The summed E-state index contributed by atoms with van der Waals surface area (Å²) >= 11 is 1.32. The number of carbonyl (C=O) groups is 5. The van der Waals surface area contributed by atoms with Gasteiger partial charge in [-0.1, -0.05) is 46.8 Å². The van der Waals surface area contributed by atoms with Gasteiger partial charge in [-0.25, -0.2) is 9.37 Å². The summed E-state index contributed by atoms with van der Waals surface area (Å²) < 4.78 is 42.2. The van der Waals surface area contributed by atoms with Crippen molar-refractivity contribution in [2.75, 3.05) is 46.5 Å². The molecule has 0 radical (unpaired) electrons. The van der Waals surface area contributed by atoms with Crippen molar-refractivity contribution in [1.29, 1.82) is 0 Å². The number of aliphatic hydroxyl groups is 1. The number of carbonyl (C=O) groups excluding carboxylic acids is 5. The highest BCUT2D eigenvalue weighted by atomic mass is 32.1. The van der Waals surface area contributed by atoms with Crippen LogP contribution in [-0.4, -0.2) is 128 Å². The molecule has 1 aromatic heterocycles. The van der Waals surface area contributed by atoms with Crippen molar-refractivity contribution in [2.45, 2.75) is 162 Å². The molecule has 6 atom stereocenters. The van der Waals surface area contributed by atoms with Gasteiger partial charge in [-0.3, -0.25) is 24.0 Å². The number of ether oxygens (including phenoxy) is 5. The highest BCUT2D eigenvalue weighted by Gasteiger charge is 2.31. The fraction of sp³-hybridized carbons (Fsp3) is 0.702. The van der Waals surface area contributed by atoms with Gasteiger partial charge in [0.05, 0.1) is 31.9 Å². The Hall–Kier alpha value is -4.07. The summed E-state index contributed by atoms with van der Waals surface area (Å²) in [6, 6.07) is 5.26. The van der Waals surface area contributed by atoms with Crippen molar-refractivity contribution in [1.82, 2.24) is 25.8 Å². The van der Waals surface area contributed by atoms with Gasteiger partial charge in [-0.2, -0.15) is 0 Å². The lowest BCUT2D eigenvalue weighted by molar-refractivity contribution is -0.217. The second kappa shape index (κ2) is 31.8. The van der Waals surface area contributed by atoms with E-state index < -0.39 is 54.3 Å². The first-order valence-electron chi connectivity index (χ1n) is 23.1. The van der Waals surface area contributed by atoms with Crippen LogP contribution in [0.1, 0.15) is 140 Å². The Kier molecular flexibility index (Phi) is 27.9. The fourth-order valence-electron chi connectivity index (χ4n) is 6.86. The first-order chi connectivity index (χ1) is 31.0. The van der Waals surface area contributed by atoms with Gasteiger partial charge in [0, 0.05) is 56.3 Å². The Morgan fingerprint density at radius 2 is 1.66 bits per heavy atom. The summed E-state index contributed by atoms with van der Waals surface area (Å²) in [7, 11) is 1.75. The fourth-order valence-corrected chi connectivity index (χ4v) is 7.72. The van der Waals surface area contributed by atoms with Crippen molar-refractivity contribution < 1.29 is 57.2 Å². The van der Waals surface area contributed by atoms with Crippen molar-refractivity contribution >= 4 is 41.0 Å². The highest BCUT2D eigenvalue weighted by molar-refractivity contribution is 7.09. The molecule has 2 aromatic rings. The molecule has 0 fully saturated rings. The summed E-state index contributed by atoms with van der Waals surface area (Å²) in [5.74, 6) is -2.06. The van der Waals surface area contributed by atoms with Gasteiger partial charge < -0.3 is 49.6 Å². The molecule has 65 heavy (non-hydrogen) atoms. The predicted octanol–water partition coefficient (Wildman–Crippen LogP) is 6.04. The number of halogens is 1. The quantitative estimate of drug-likeness (QED) is 0.0468.